The SMILES string of the molecule is N#Cc1cc2ccccc2nc1N1CCC(CN)CC1. The highest BCUT2D eigenvalue weighted by molar-refractivity contribution is 5.83. The van der Waals surface area contributed by atoms with Gasteiger partial charge < -0.3 is 10.6 Å². The standard InChI is InChI=1S/C16H18N4/c17-10-12-5-7-20(8-6-12)16-14(11-18)9-13-3-1-2-4-15(13)19-16/h1-4,9,12H,5-8,10,17H2. The van der Waals surface area contributed by atoms with Gasteiger partial charge in [0.25, 0.3) is 0 Å². The number of nitrogens with zero attached hydrogens (tertiary/aromatic N) is 3. The van der Waals surface area contributed by atoms with Crippen LogP contribution in [0.25, 0.3) is 10.9 Å². The third-order valence-electron chi connectivity index (χ3n) is 4.07. The number of benzene rings is 1. The summed E-state index contributed by atoms with van der Waals surface area (Å²) < 4.78 is 0. The minimum Gasteiger partial charge on any atom is -0.355 e. The molecule has 1 aromatic carbocycles. The molecular weight excluding hydrogens is 248 g/mol. The fraction of sp³-hybridized carbons (Fsp3) is 0.375. The molecule has 102 valence electrons. The average Bonchev–Trinajstić information content (AvgIpc) is 2.53. The molecule has 0 unspecified atom stereocenters. The second-order valence-corrected chi connectivity index (χ2v) is 5.33. The number of pyridine rings is 1. The highest BCUT2D eigenvalue weighted by atomic mass is 15.2. The Bertz CT molecular complexity index is 651. The van der Waals surface area contributed by atoms with Gasteiger partial charge in [0, 0.05) is 18.5 Å². The Hall–Kier alpha value is -2.12. The molecule has 1 aromatic heterocycles. The Morgan fingerprint density at radius 2 is 2.05 bits per heavy atom. The summed E-state index contributed by atoms with van der Waals surface area (Å²) in [5.74, 6) is 1.43. The Balaban J connectivity index is 1.96. The lowest BCUT2D eigenvalue weighted by Gasteiger charge is -2.32. The molecule has 3 rings (SSSR count). The van der Waals surface area contributed by atoms with E-state index in [0.29, 0.717) is 11.5 Å². The van der Waals surface area contributed by atoms with Gasteiger partial charge in [-0.1, -0.05) is 18.2 Å². The molecule has 20 heavy (non-hydrogen) atoms. The molecule has 1 aliphatic rings. The van der Waals surface area contributed by atoms with E-state index in [4.69, 9.17) is 10.7 Å². The molecule has 0 saturated carbocycles. The van der Waals surface area contributed by atoms with E-state index in [9.17, 15) is 5.26 Å². The van der Waals surface area contributed by atoms with Gasteiger partial charge in [0.15, 0.2) is 0 Å². The van der Waals surface area contributed by atoms with Crippen molar-refractivity contribution in [3.63, 3.8) is 0 Å². The van der Waals surface area contributed by atoms with Crippen LogP contribution in [-0.4, -0.2) is 24.6 Å². The monoisotopic (exact) mass is 266 g/mol. The Kier molecular flexibility index (Phi) is 3.53. The fourth-order valence-corrected chi connectivity index (χ4v) is 2.81. The summed E-state index contributed by atoms with van der Waals surface area (Å²) in [6.07, 6.45) is 2.16. The van der Waals surface area contributed by atoms with Crippen molar-refractivity contribution in [2.24, 2.45) is 11.7 Å². The van der Waals surface area contributed by atoms with Crippen LogP contribution >= 0.6 is 0 Å². The van der Waals surface area contributed by atoms with Crippen molar-refractivity contribution in [2.45, 2.75) is 12.8 Å². The third kappa shape index (κ3) is 2.33. The maximum Gasteiger partial charge on any atom is 0.147 e. The summed E-state index contributed by atoms with van der Waals surface area (Å²) in [4.78, 5) is 6.91. The second-order valence-electron chi connectivity index (χ2n) is 5.33. The van der Waals surface area contributed by atoms with Gasteiger partial charge in [-0.25, -0.2) is 4.98 Å². The molecule has 0 bridgehead atoms. The molecule has 4 nitrogen and oxygen atoms in total. The summed E-state index contributed by atoms with van der Waals surface area (Å²) in [5, 5.41) is 10.4. The first-order valence-electron chi connectivity index (χ1n) is 7.06. The molecule has 0 spiro atoms. The molecule has 2 aromatic rings. The minimum atomic E-state index is 0.609. The smallest absolute Gasteiger partial charge is 0.147 e. The summed E-state index contributed by atoms with van der Waals surface area (Å²) in [6.45, 7) is 2.62. The van der Waals surface area contributed by atoms with E-state index in [1.54, 1.807) is 0 Å². The lowest BCUT2D eigenvalue weighted by molar-refractivity contribution is 0.413. The van der Waals surface area contributed by atoms with Gasteiger partial charge in [0.05, 0.1) is 11.1 Å². The second kappa shape index (κ2) is 5.48. The number of rotatable bonds is 2. The van der Waals surface area contributed by atoms with Crippen molar-refractivity contribution in [1.82, 2.24) is 4.98 Å². The summed E-state index contributed by atoms with van der Waals surface area (Å²) in [6, 6.07) is 12.2. The predicted molar refractivity (Wildman–Crippen MR) is 80.4 cm³/mol. The number of hydrogen-bond acceptors (Lipinski definition) is 4. The zero-order valence-corrected chi connectivity index (χ0v) is 11.4. The number of aromatic nitrogens is 1. The first-order chi connectivity index (χ1) is 9.81. The molecule has 0 amide bonds. The first kappa shape index (κ1) is 12.9. The number of hydrogen-bond donors (Lipinski definition) is 1. The van der Waals surface area contributed by atoms with Gasteiger partial charge in [-0.15, -0.1) is 0 Å². The van der Waals surface area contributed by atoms with Crippen molar-refractivity contribution >= 4 is 16.7 Å². The lowest BCUT2D eigenvalue weighted by atomic mass is 9.97. The van der Waals surface area contributed by atoms with Gasteiger partial charge in [-0.3, -0.25) is 0 Å². The maximum atomic E-state index is 9.37. The van der Waals surface area contributed by atoms with E-state index >= 15 is 0 Å². The van der Waals surface area contributed by atoms with Crippen molar-refractivity contribution in [2.75, 3.05) is 24.5 Å². The highest BCUT2D eigenvalue weighted by Gasteiger charge is 2.21. The van der Waals surface area contributed by atoms with E-state index in [-0.39, 0.29) is 0 Å². The molecule has 0 aliphatic carbocycles. The van der Waals surface area contributed by atoms with Crippen LogP contribution < -0.4 is 10.6 Å². The van der Waals surface area contributed by atoms with E-state index in [1.807, 2.05) is 30.3 Å². The number of para-hydroxylation sites is 1. The Morgan fingerprint density at radius 1 is 1.30 bits per heavy atom. The molecule has 1 aliphatic heterocycles. The largest absolute Gasteiger partial charge is 0.355 e. The van der Waals surface area contributed by atoms with Crippen LogP contribution in [0, 0.1) is 17.2 Å². The number of nitriles is 1. The van der Waals surface area contributed by atoms with Gasteiger partial charge in [0.2, 0.25) is 0 Å². The summed E-state index contributed by atoms with van der Waals surface area (Å²) in [7, 11) is 0. The zero-order valence-electron chi connectivity index (χ0n) is 11.4. The van der Waals surface area contributed by atoms with Crippen molar-refractivity contribution in [3.05, 3.63) is 35.9 Å². The number of anilines is 1. The molecule has 0 radical (unpaired) electrons. The van der Waals surface area contributed by atoms with E-state index in [2.05, 4.69) is 11.0 Å². The molecule has 2 heterocycles. The average molecular weight is 266 g/mol. The van der Waals surface area contributed by atoms with Crippen LogP contribution in [0.2, 0.25) is 0 Å². The lowest BCUT2D eigenvalue weighted by Crippen LogP contribution is -2.37. The summed E-state index contributed by atoms with van der Waals surface area (Å²) in [5.41, 5.74) is 7.34. The van der Waals surface area contributed by atoms with Crippen LogP contribution in [0.4, 0.5) is 5.82 Å². The van der Waals surface area contributed by atoms with E-state index in [0.717, 1.165) is 49.2 Å². The fourth-order valence-electron chi connectivity index (χ4n) is 2.81. The first-order valence-corrected chi connectivity index (χ1v) is 7.06. The number of fused-ring (bicyclic) bond motifs is 1. The van der Waals surface area contributed by atoms with Crippen molar-refractivity contribution in [3.8, 4) is 6.07 Å². The zero-order chi connectivity index (χ0) is 13.9. The Labute approximate surface area is 118 Å². The summed E-state index contributed by atoms with van der Waals surface area (Å²) >= 11 is 0. The molecular formula is C16H18N4. The molecule has 0 atom stereocenters. The van der Waals surface area contributed by atoms with Crippen LogP contribution in [0.3, 0.4) is 0 Å². The number of piperidine rings is 1. The van der Waals surface area contributed by atoms with Crippen molar-refractivity contribution < 1.29 is 0 Å². The van der Waals surface area contributed by atoms with Crippen molar-refractivity contribution in [1.29, 1.82) is 5.26 Å². The molecule has 4 heteroatoms. The predicted octanol–water partition coefficient (Wildman–Crippen LogP) is 2.28. The Morgan fingerprint density at radius 3 is 2.75 bits per heavy atom. The minimum absolute atomic E-state index is 0.609. The van der Waals surface area contributed by atoms with Gasteiger partial charge in [-0.05, 0) is 37.4 Å². The van der Waals surface area contributed by atoms with Crippen LogP contribution in [0.5, 0.6) is 0 Å². The highest BCUT2D eigenvalue weighted by Crippen LogP contribution is 2.27. The van der Waals surface area contributed by atoms with E-state index in [1.165, 1.54) is 0 Å². The van der Waals surface area contributed by atoms with Gasteiger partial charge in [-0.2, -0.15) is 5.26 Å². The molecule has 1 fully saturated rings. The quantitative estimate of drug-likeness (QED) is 0.905. The normalized spacial score (nSPS) is 16.3. The molecule has 2 N–H and O–H groups in total. The van der Waals surface area contributed by atoms with Gasteiger partial charge >= 0.3 is 0 Å². The maximum absolute atomic E-state index is 9.37. The third-order valence-corrected chi connectivity index (χ3v) is 4.07. The van der Waals surface area contributed by atoms with Crippen LogP contribution in [-0.2, 0) is 0 Å². The van der Waals surface area contributed by atoms with Gasteiger partial charge in [0.1, 0.15) is 11.9 Å². The molecule has 1 saturated heterocycles. The topological polar surface area (TPSA) is 65.9 Å². The number of nitrogens with two attached hydrogens (primary N) is 1. The van der Waals surface area contributed by atoms with E-state index < -0.39 is 0 Å². The van der Waals surface area contributed by atoms with Crippen LogP contribution in [0.1, 0.15) is 18.4 Å². The van der Waals surface area contributed by atoms with Crippen LogP contribution in [0.15, 0.2) is 30.3 Å².